The molecule has 0 aliphatic carbocycles. The first-order chi connectivity index (χ1) is 9.15. The van der Waals surface area contributed by atoms with Crippen LogP contribution in [0, 0.1) is 6.92 Å². The molecule has 2 heterocycles. The third kappa shape index (κ3) is 3.90. The first-order valence-corrected chi connectivity index (χ1v) is 6.31. The van der Waals surface area contributed by atoms with E-state index in [1.807, 2.05) is 20.0 Å². The summed E-state index contributed by atoms with van der Waals surface area (Å²) in [5.41, 5.74) is 1.12. The van der Waals surface area contributed by atoms with Gasteiger partial charge < -0.3 is 5.32 Å². The van der Waals surface area contributed by atoms with E-state index >= 15 is 0 Å². The summed E-state index contributed by atoms with van der Waals surface area (Å²) < 4.78 is 0. The summed E-state index contributed by atoms with van der Waals surface area (Å²) in [6.07, 6.45) is 5.75. The van der Waals surface area contributed by atoms with Gasteiger partial charge >= 0.3 is 0 Å². The summed E-state index contributed by atoms with van der Waals surface area (Å²) in [5, 5.41) is 16.3. The fourth-order valence-corrected chi connectivity index (χ4v) is 1.80. The third-order valence-electron chi connectivity index (χ3n) is 2.80. The Morgan fingerprint density at radius 1 is 1.53 bits per heavy atom. The Labute approximate surface area is 111 Å². The Morgan fingerprint density at radius 2 is 2.37 bits per heavy atom. The second-order valence-corrected chi connectivity index (χ2v) is 4.53. The van der Waals surface area contributed by atoms with Crippen molar-refractivity contribution in [3.8, 4) is 0 Å². The van der Waals surface area contributed by atoms with Crippen LogP contribution in [-0.2, 0) is 11.2 Å². The van der Waals surface area contributed by atoms with Gasteiger partial charge in [0.25, 0.3) is 0 Å². The number of nitrogens with one attached hydrogen (secondary N) is 3. The second kappa shape index (κ2) is 6.12. The van der Waals surface area contributed by atoms with E-state index in [4.69, 9.17) is 0 Å². The van der Waals surface area contributed by atoms with Crippen LogP contribution in [0.3, 0.4) is 0 Å². The third-order valence-corrected chi connectivity index (χ3v) is 2.80. The van der Waals surface area contributed by atoms with Crippen LogP contribution in [0.4, 0.5) is 0 Å². The molecule has 7 heteroatoms. The summed E-state index contributed by atoms with van der Waals surface area (Å²) in [6.45, 7) is 3.70. The van der Waals surface area contributed by atoms with Gasteiger partial charge in [0.1, 0.15) is 5.82 Å². The Hall–Kier alpha value is -2.18. The van der Waals surface area contributed by atoms with E-state index in [9.17, 15) is 4.79 Å². The number of carbonyl (C=O) groups excluding carboxylic acids is 1. The van der Waals surface area contributed by atoms with Crippen LogP contribution in [0.1, 0.15) is 43.0 Å². The van der Waals surface area contributed by atoms with Crippen LogP contribution >= 0.6 is 0 Å². The van der Waals surface area contributed by atoms with Crippen molar-refractivity contribution < 1.29 is 4.79 Å². The minimum Gasteiger partial charge on any atom is -0.346 e. The molecule has 102 valence electrons. The predicted molar refractivity (Wildman–Crippen MR) is 69.2 cm³/mol. The highest BCUT2D eigenvalue weighted by Crippen LogP contribution is 2.07. The van der Waals surface area contributed by atoms with E-state index in [-0.39, 0.29) is 11.9 Å². The summed E-state index contributed by atoms with van der Waals surface area (Å²) in [5.74, 6) is 1.37. The molecular formula is C12H18N6O. The summed E-state index contributed by atoms with van der Waals surface area (Å²) in [4.78, 5) is 16.0. The maximum atomic E-state index is 11.8. The highest BCUT2D eigenvalue weighted by molar-refractivity contribution is 5.76. The van der Waals surface area contributed by atoms with Gasteiger partial charge in [-0.05, 0) is 32.3 Å². The molecule has 0 radical (unpaired) electrons. The maximum Gasteiger partial charge on any atom is 0.220 e. The first-order valence-electron chi connectivity index (χ1n) is 6.31. The molecule has 0 bridgehead atoms. The summed E-state index contributed by atoms with van der Waals surface area (Å²) in [6, 6.07) is -0.175. The molecule has 19 heavy (non-hydrogen) atoms. The number of aromatic nitrogens is 5. The maximum absolute atomic E-state index is 11.8. The fraction of sp³-hybridized carbons (Fsp3) is 0.500. The smallest absolute Gasteiger partial charge is 0.220 e. The summed E-state index contributed by atoms with van der Waals surface area (Å²) in [7, 11) is 0. The van der Waals surface area contributed by atoms with E-state index in [0.717, 1.165) is 24.2 Å². The molecule has 2 aromatic rings. The number of amides is 1. The van der Waals surface area contributed by atoms with Crippen molar-refractivity contribution in [2.45, 2.75) is 39.2 Å². The highest BCUT2D eigenvalue weighted by Gasteiger charge is 2.13. The van der Waals surface area contributed by atoms with E-state index in [0.29, 0.717) is 12.2 Å². The summed E-state index contributed by atoms with van der Waals surface area (Å²) >= 11 is 0. The van der Waals surface area contributed by atoms with Gasteiger partial charge in [-0.25, -0.2) is 4.98 Å². The van der Waals surface area contributed by atoms with Gasteiger partial charge in [-0.3, -0.25) is 15.0 Å². The van der Waals surface area contributed by atoms with E-state index in [2.05, 4.69) is 30.7 Å². The number of carbonyl (C=O) groups is 1. The van der Waals surface area contributed by atoms with E-state index < -0.39 is 0 Å². The van der Waals surface area contributed by atoms with Gasteiger partial charge in [0.2, 0.25) is 5.91 Å². The zero-order chi connectivity index (χ0) is 13.7. The molecule has 0 saturated carbocycles. The van der Waals surface area contributed by atoms with Crippen molar-refractivity contribution in [2.75, 3.05) is 0 Å². The highest BCUT2D eigenvalue weighted by atomic mass is 16.1. The molecule has 2 aromatic heterocycles. The molecule has 0 spiro atoms. The second-order valence-electron chi connectivity index (χ2n) is 4.53. The van der Waals surface area contributed by atoms with Crippen LogP contribution in [0.2, 0.25) is 0 Å². The van der Waals surface area contributed by atoms with Crippen molar-refractivity contribution in [1.29, 1.82) is 0 Å². The number of rotatable bonds is 6. The number of H-pyrrole nitrogens is 2. The van der Waals surface area contributed by atoms with E-state index in [1.165, 1.54) is 0 Å². The van der Waals surface area contributed by atoms with Crippen LogP contribution in [0.25, 0.3) is 0 Å². The average molecular weight is 262 g/mol. The monoisotopic (exact) mass is 262 g/mol. The van der Waals surface area contributed by atoms with Gasteiger partial charge in [0.15, 0.2) is 5.82 Å². The van der Waals surface area contributed by atoms with Crippen molar-refractivity contribution in [3.05, 3.63) is 29.6 Å². The standard InChI is InChI=1S/C12H18N6O/c1-8(12-16-9(2)17-18-12)15-11(19)5-3-4-10-6-13-14-7-10/h6-8H,3-5H2,1-2H3,(H,13,14)(H,15,19)(H,16,17,18). The van der Waals surface area contributed by atoms with Gasteiger partial charge in [-0.2, -0.15) is 10.2 Å². The topological polar surface area (TPSA) is 99.3 Å². The van der Waals surface area contributed by atoms with Gasteiger partial charge in [-0.1, -0.05) is 0 Å². The van der Waals surface area contributed by atoms with Crippen molar-refractivity contribution in [3.63, 3.8) is 0 Å². The molecule has 1 atom stereocenters. The van der Waals surface area contributed by atoms with Crippen LogP contribution in [0.5, 0.6) is 0 Å². The van der Waals surface area contributed by atoms with Gasteiger partial charge in [0, 0.05) is 12.6 Å². The van der Waals surface area contributed by atoms with Crippen LogP contribution < -0.4 is 5.32 Å². The lowest BCUT2D eigenvalue weighted by molar-refractivity contribution is -0.121. The Kier molecular flexibility index (Phi) is 4.27. The predicted octanol–water partition coefficient (Wildman–Crippen LogP) is 1.04. The number of aryl methyl sites for hydroxylation is 2. The minimum atomic E-state index is -0.175. The quantitative estimate of drug-likeness (QED) is 0.724. The van der Waals surface area contributed by atoms with Gasteiger partial charge in [-0.15, -0.1) is 0 Å². The largest absolute Gasteiger partial charge is 0.346 e. The van der Waals surface area contributed by atoms with Crippen LogP contribution in [0.15, 0.2) is 12.4 Å². The molecule has 0 aliphatic rings. The lowest BCUT2D eigenvalue weighted by atomic mass is 10.1. The fourth-order valence-electron chi connectivity index (χ4n) is 1.80. The molecule has 1 unspecified atom stereocenters. The Bertz CT molecular complexity index is 518. The molecule has 0 fully saturated rings. The van der Waals surface area contributed by atoms with Gasteiger partial charge in [0.05, 0.1) is 12.2 Å². The number of nitrogens with zero attached hydrogens (tertiary/aromatic N) is 3. The molecule has 1 amide bonds. The Morgan fingerprint density at radius 3 is 3.00 bits per heavy atom. The average Bonchev–Trinajstić information content (AvgIpc) is 3.00. The van der Waals surface area contributed by atoms with Crippen molar-refractivity contribution in [2.24, 2.45) is 0 Å². The van der Waals surface area contributed by atoms with Crippen molar-refractivity contribution >= 4 is 5.91 Å². The number of hydrogen-bond acceptors (Lipinski definition) is 4. The van der Waals surface area contributed by atoms with Crippen molar-refractivity contribution in [1.82, 2.24) is 30.7 Å². The first kappa shape index (κ1) is 13.3. The van der Waals surface area contributed by atoms with Crippen LogP contribution in [-0.4, -0.2) is 31.3 Å². The molecule has 2 rings (SSSR count). The lowest BCUT2D eigenvalue weighted by Gasteiger charge is -2.10. The molecular weight excluding hydrogens is 244 g/mol. The molecule has 7 nitrogen and oxygen atoms in total. The number of aromatic amines is 2. The SMILES string of the molecule is Cc1nc(C(C)NC(=O)CCCc2cn[nH]c2)n[nH]1. The molecule has 0 aromatic carbocycles. The van der Waals surface area contributed by atoms with E-state index in [1.54, 1.807) is 6.20 Å². The zero-order valence-electron chi connectivity index (χ0n) is 11.1. The Balaban J connectivity index is 1.72. The number of hydrogen-bond donors (Lipinski definition) is 3. The zero-order valence-corrected chi connectivity index (χ0v) is 11.1. The lowest BCUT2D eigenvalue weighted by Crippen LogP contribution is -2.27. The molecule has 3 N–H and O–H groups in total. The molecule has 0 aliphatic heterocycles. The minimum absolute atomic E-state index is 0.0125. The molecule has 0 saturated heterocycles. The normalized spacial score (nSPS) is 12.3.